The van der Waals surface area contributed by atoms with Crippen LogP contribution in [-0.4, -0.2) is 22.9 Å². The molecule has 122 valence electrons. The Labute approximate surface area is 138 Å². The second-order valence-corrected chi connectivity index (χ2v) is 5.01. The number of anilines is 2. The molecule has 0 saturated carbocycles. The van der Waals surface area contributed by atoms with Crippen LogP contribution in [-0.2, 0) is 9.59 Å². The summed E-state index contributed by atoms with van der Waals surface area (Å²) in [6, 6.07) is 13.8. The molecule has 0 saturated heterocycles. The molecule has 6 heteroatoms. The first-order valence-electron chi connectivity index (χ1n) is 7.15. The highest BCUT2D eigenvalue weighted by Gasteiger charge is 2.08. The minimum absolute atomic E-state index is 0.214. The maximum atomic E-state index is 12.2. The van der Waals surface area contributed by atoms with Gasteiger partial charge in [-0.05, 0) is 42.8 Å². The minimum atomic E-state index is -1.19. The molecule has 2 amide bonds. The van der Waals surface area contributed by atoms with Gasteiger partial charge in [-0.2, -0.15) is 0 Å². The van der Waals surface area contributed by atoms with Crippen LogP contribution in [0.15, 0.2) is 60.7 Å². The molecule has 0 fully saturated rings. The molecule has 2 rings (SSSR count). The van der Waals surface area contributed by atoms with Gasteiger partial charge in [-0.3, -0.25) is 9.59 Å². The van der Waals surface area contributed by atoms with E-state index in [0.717, 1.165) is 17.7 Å². The fraction of sp³-hybridized carbons (Fsp3) is 0.0556. The Morgan fingerprint density at radius 1 is 0.875 bits per heavy atom. The number of benzene rings is 2. The van der Waals surface area contributed by atoms with E-state index in [9.17, 15) is 14.4 Å². The third kappa shape index (κ3) is 4.81. The fourth-order valence-corrected chi connectivity index (χ4v) is 1.99. The third-order valence-corrected chi connectivity index (χ3v) is 3.18. The summed E-state index contributed by atoms with van der Waals surface area (Å²) in [6.07, 6.45) is 1.68. The van der Waals surface area contributed by atoms with Crippen molar-refractivity contribution in [2.24, 2.45) is 0 Å². The van der Waals surface area contributed by atoms with Gasteiger partial charge in [-0.25, -0.2) is 4.79 Å². The van der Waals surface area contributed by atoms with E-state index in [1.54, 1.807) is 36.4 Å². The number of rotatable bonds is 5. The van der Waals surface area contributed by atoms with Crippen molar-refractivity contribution in [1.29, 1.82) is 0 Å². The Bertz CT molecular complexity index is 795. The molecule has 24 heavy (non-hydrogen) atoms. The summed E-state index contributed by atoms with van der Waals surface area (Å²) >= 11 is 0. The average Bonchev–Trinajstić information content (AvgIpc) is 2.55. The van der Waals surface area contributed by atoms with Gasteiger partial charge < -0.3 is 15.7 Å². The second kappa shape index (κ2) is 7.73. The van der Waals surface area contributed by atoms with Crippen LogP contribution in [0.25, 0.3) is 0 Å². The molecule has 0 aliphatic carbocycles. The Kier molecular flexibility index (Phi) is 5.46. The molecule has 0 unspecified atom stereocenters. The second-order valence-electron chi connectivity index (χ2n) is 5.01. The zero-order chi connectivity index (χ0) is 17.5. The zero-order valence-corrected chi connectivity index (χ0v) is 12.9. The van der Waals surface area contributed by atoms with E-state index < -0.39 is 11.9 Å². The number of carboxylic acid groups (broad SMARTS) is 1. The van der Waals surface area contributed by atoms with Crippen LogP contribution in [0.4, 0.5) is 11.4 Å². The van der Waals surface area contributed by atoms with E-state index in [2.05, 4.69) is 10.6 Å². The number of hydrogen-bond acceptors (Lipinski definition) is 3. The lowest BCUT2D eigenvalue weighted by Crippen LogP contribution is -2.13. The number of carboxylic acids is 1. The topological polar surface area (TPSA) is 95.5 Å². The molecule has 0 aliphatic rings. The number of aliphatic carboxylic acids is 1. The Morgan fingerprint density at radius 2 is 1.46 bits per heavy atom. The summed E-state index contributed by atoms with van der Waals surface area (Å²) in [7, 11) is 0. The van der Waals surface area contributed by atoms with Crippen LogP contribution in [0, 0.1) is 6.92 Å². The summed E-state index contributed by atoms with van der Waals surface area (Å²) in [4.78, 5) is 34.0. The zero-order valence-electron chi connectivity index (χ0n) is 12.9. The lowest BCUT2D eigenvalue weighted by Gasteiger charge is -2.08. The summed E-state index contributed by atoms with van der Waals surface area (Å²) < 4.78 is 0. The normalized spacial score (nSPS) is 10.4. The molecule has 0 heterocycles. The SMILES string of the molecule is Cc1ccccc1C(=O)Nc1ccc(NC(=O)/C=C/C(=O)O)cc1. The molecule has 2 aromatic carbocycles. The number of carbonyl (C=O) groups is 3. The first-order chi connectivity index (χ1) is 11.5. The Morgan fingerprint density at radius 3 is 2.04 bits per heavy atom. The summed E-state index contributed by atoms with van der Waals surface area (Å²) in [5.41, 5.74) is 2.55. The van der Waals surface area contributed by atoms with Gasteiger partial charge in [-0.1, -0.05) is 18.2 Å². The molecule has 0 aliphatic heterocycles. The van der Waals surface area contributed by atoms with Gasteiger partial charge in [-0.15, -0.1) is 0 Å². The van der Waals surface area contributed by atoms with E-state index in [1.807, 2.05) is 19.1 Å². The average molecular weight is 324 g/mol. The Hall–Kier alpha value is -3.41. The monoisotopic (exact) mass is 324 g/mol. The van der Waals surface area contributed by atoms with E-state index in [-0.39, 0.29) is 5.91 Å². The molecule has 0 radical (unpaired) electrons. The van der Waals surface area contributed by atoms with Crippen LogP contribution in [0.1, 0.15) is 15.9 Å². The molecular weight excluding hydrogens is 308 g/mol. The van der Waals surface area contributed by atoms with Crippen molar-refractivity contribution in [3.8, 4) is 0 Å². The predicted octanol–water partition coefficient (Wildman–Crippen LogP) is 2.83. The van der Waals surface area contributed by atoms with Crippen molar-refractivity contribution in [2.45, 2.75) is 6.92 Å². The van der Waals surface area contributed by atoms with E-state index in [4.69, 9.17) is 5.11 Å². The summed E-state index contributed by atoms with van der Waals surface area (Å²) in [5, 5.41) is 13.7. The lowest BCUT2D eigenvalue weighted by atomic mass is 10.1. The molecule has 0 spiro atoms. The van der Waals surface area contributed by atoms with E-state index >= 15 is 0 Å². The Balaban J connectivity index is 1.99. The maximum Gasteiger partial charge on any atom is 0.328 e. The molecule has 0 atom stereocenters. The van der Waals surface area contributed by atoms with Crippen molar-refractivity contribution in [3.05, 3.63) is 71.8 Å². The van der Waals surface area contributed by atoms with Crippen LogP contribution >= 0.6 is 0 Å². The number of amides is 2. The maximum absolute atomic E-state index is 12.2. The van der Waals surface area contributed by atoms with Crippen molar-refractivity contribution in [2.75, 3.05) is 10.6 Å². The predicted molar refractivity (Wildman–Crippen MR) is 91.0 cm³/mol. The first kappa shape index (κ1) is 17.0. The fourth-order valence-electron chi connectivity index (χ4n) is 1.99. The van der Waals surface area contributed by atoms with E-state index in [1.165, 1.54) is 0 Å². The van der Waals surface area contributed by atoms with Gasteiger partial charge in [0.05, 0.1) is 0 Å². The number of aryl methyl sites for hydroxylation is 1. The molecule has 0 bridgehead atoms. The molecular formula is C18H16N2O4. The number of nitrogens with one attached hydrogen (secondary N) is 2. The first-order valence-corrected chi connectivity index (χ1v) is 7.15. The van der Waals surface area contributed by atoms with Crippen molar-refractivity contribution in [1.82, 2.24) is 0 Å². The van der Waals surface area contributed by atoms with Crippen molar-refractivity contribution >= 4 is 29.2 Å². The van der Waals surface area contributed by atoms with Crippen LogP contribution in [0.2, 0.25) is 0 Å². The quantitative estimate of drug-likeness (QED) is 0.737. The highest BCUT2D eigenvalue weighted by molar-refractivity contribution is 6.05. The van der Waals surface area contributed by atoms with E-state index in [0.29, 0.717) is 16.9 Å². The minimum Gasteiger partial charge on any atom is -0.478 e. The third-order valence-electron chi connectivity index (χ3n) is 3.18. The molecule has 0 aromatic heterocycles. The van der Waals surface area contributed by atoms with Crippen LogP contribution in [0.5, 0.6) is 0 Å². The van der Waals surface area contributed by atoms with Gasteiger partial charge in [0.15, 0.2) is 0 Å². The summed E-state index contributed by atoms with van der Waals surface area (Å²) in [6.45, 7) is 1.86. The van der Waals surface area contributed by atoms with Gasteiger partial charge in [0, 0.05) is 29.1 Å². The summed E-state index contributed by atoms with van der Waals surface area (Å²) in [5.74, 6) is -1.96. The highest BCUT2D eigenvalue weighted by atomic mass is 16.4. The van der Waals surface area contributed by atoms with Crippen LogP contribution < -0.4 is 10.6 Å². The van der Waals surface area contributed by atoms with Gasteiger partial charge in [0.2, 0.25) is 5.91 Å². The van der Waals surface area contributed by atoms with Gasteiger partial charge >= 0.3 is 5.97 Å². The number of hydrogen-bond donors (Lipinski definition) is 3. The van der Waals surface area contributed by atoms with Gasteiger partial charge in [0.25, 0.3) is 5.91 Å². The standard InChI is InChI=1S/C18H16N2O4/c1-12-4-2-3-5-15(12)18(24)20-14-8-6-13(7-9-14)19-16(21)10-11-17(22)23/h2-11H,1H3,(H,19,21)(H,20,24)(H,22,23)/b11-10+. The van der Waals surface area contributed by atoms with Gasteiger partial charge in [0.1, 0.15) is 0 Å². The van der Waals surface area contributed by atoms with Crippen molar-refractivity contribution < 1.29 is 19.5 Å². The van der Waals surface area contributed by atoms with Crippen molar-refractivity contribution in [3.63, 3.8) is 0 Å². The smallest absolute Gasteiger partial charge is 0.328 e. The lowest BCUT2D eigenvalue weighted by molar-refractivity contribution is -0.131. The highest BCUT2D eigenvalue weighted by Crippen LogP contribution is 2.16. The number of carbonyl (C=O) groups excluding carboxylic acids is 2. The molecule has 6 nitrogen and oxygen atoms in total. The largest absolute Gasteiger partial charge is 0.478 e. The molecule has 3 N–H and O–H groups in total. The van der Waals surface area contributed by atoms with Crippen LogP contribution in [0.3, 0.4) is 0 Å². The molecule has 2 aromatic rings.